The molecule has 0 aliphatic rings. The number of benzene rings is 1. The topological polar surface area (TPSA) is 73.3 Å². The Hall–Kier alpha value is -2.93. The summed E-state index contributed by atoms with van der Waals surface area (Å²) in [6.45, 7) is 4.59. The lowest BCUT2D eigenvalue weighted by Crippen LogP contribution is -2.25. The van der Waals surface area contributed by atoms with Crippen LogP contribution >= 0.6 is 11.3 Å². The number of aromatic nitrogens is 2. The lowest BCUT2D eigenvalue weighted by molar-refractivity contribution is 0.0957. The Labute approximate surface area is 168 Å². The Kier molecular flexibility index (Phi) is 6.60. The van der Waals surface area contributed by atoms with Crippen LogP contribution in [0.3, 0.4) is 0 Å². The number of rotatable bonds is 8. The van der Waals surface area contributed by atoms with E-state index in [1.165, 1.54) is 11.3 Å². The first-order chi connectivity index (χ1) is 13.6. The molecule has 0 atom stereocenters. The summed E-state index contributed by atoms with van der Waals surface area (Å²) in [6.07, 6.45) is 2.38. The van der Waals surface area contributed by atoms with Crippen molar-refractivity contribution in [2.45, 2.75) is 26.9 Å². The van der Waals surface area contributed by atoms with Crippen molar-refractivity contribution in [1.29, 1.82) is 0 Å². The number of nitrogens with one attached hydrogen (secondary N) is 1. The summed E-state index contributed by atoms with van der Waals surface area (Å²) in [7, 11) is 1.65. The van der Waals surface area contributed by atoms with E-state index in [1.54, 1.807) is 13.3 Å². The van der Waals surface area contributed by atoms with Crippen LogP contribution in [-0.2, 0) is 13.0 Å². The molecule has 3 aromatic rings. The van der Waals surface area contributed by atoms with Crippen molar-refractivity contribution in [3.05, 3.63) is 69.4 Å². The van der Waals surface area contributed by atoms with E-state index in [-0.39, 0.29) is 5.91 Å². The minimum absolute atomic E-state index is 0.117. The average molecular weight is 398 g/mol. The van der Waals surface area contributed by atoms with E-state index >= 15 is 0 Å². The first-order valence-electron chi connectivity index (χ1n) is 8.98. The smallest absolute Gasteiger partial charge is 0.263 e. The quantitative estimate of drug-likeness (QED) is 0.627. The third-order valence-electron chi connectivity index (χ3n) is 4.17. The summed E-state index contributed by atoms with van der Waals surface area (Å²) in [5, 5.41) is 3.72. The van der Waals surface area contributed by atoms with Crippen LogP contribution in [0.25, 0.3) is 0 Å². The van der Waals surface area contributed by atoms with Crippen LogP contribution in [0.15, 0.2) is 42.6 Å². The molecular weight excluding hydrogens is 374 g/mol. The highest BCUT2D eigenvalue weighted by molar-refractivity contribution is 7.13. The molecule has 0 bridgehead atoms. The number of thiazole rings is 1. The highest BCUT2D eigenvalue weighted by Crippen LogP contribution is 2.21. The van der Waals surface area contributed by atoms with Crippen molar-refractivity contribution in [2.24, 2.45) is 0 Å². The fourth-order valence-corrected chi connectivity index (χ4v) is 3.60. The Balaban J connectivity index is 1.54. The van der Waals surface area contributed by atoms with E-state index in [2.05, 4.69) is 15.3 Å². The van der Waals surface area contributed by atoms with Gasteiger partial charge in [-0.2, -0.15) is 0 Å². The summed E-state index contributed by atoms with van der Waals surface area (Å²) < 4.78 is 11.0. The van der Waals surface area contributed by atoms with Gasteiger partial charge in [0.25, 0.3) is 5.91 Å². The van der Waals surface area contributed by atoms with Crippen LogP contribution in [-0.4, -0.2) is 29.5 Å². The number of para-hydroxylation sites is 1. The van der Waals surface area contributed by atoms with E-state index in [0.29, 0.717) is 35.9 Å². The molecule has 3 rings (SSSR count). The normalized spacial score (nSPS) is 10.5. The van der Waals surface area contributed by atoms with Crippen molar-refractivity contribution in [3.63, 3.8) is 0 Å². The molecule has 0 aliphatic heterocycles. The van der Waals surface area contributed by atoms with E-state index in [4.69, 9.17) is 9.47 Å². The van der Waals surface area contributed by atoms with Gasteiger partial charge in [-0.05, 0) is 44.0 Å². The van der Waals surface area contributed by atoms with Gasteiger partial charge in [0.1, 0.15) is 28.0 Å². The van der Waals surface area contributed by atoms with Gasteiger partial charge in [0.05, 0.1) is 19.0 Å². The third-order valence-corrected chi connectivity index (χ3v) is 5.30. The summed E-state index contributed by atoms with van der Waals surface area (Å²) in [6, 6.07) is 11.6. The van der Waals surface area contributed by atoms with Crippen LogP contribution in [0.5, 0.6) is 11.5 Å². The molecule has 0 spiro atoms. The standard InChI is InChI=1S/C21H23N3O3S/c1-14-8-9-17(12-23-14)27-13-19-24-15(2)20(28-19)21(25)22-11-10-16-6-4-5-7-18(16)26-3/h4-9,12H,10-11,13H2,1-3H3,(H,22,25). The van der Waals surface area contributed by atoms with Gasteiger partial charge in [-0.3, -0.25) is 9.78 Å². The summed E-state index contributed by atoms with van der Waals surface area (Å²) in [4.78, 5) is 21.8. The van der Waals surface area contributed by atoms with E-state index in [9.17, 15) is 4.79 Å². The Morgan fingerprint density at radius 2 is 2.00 bits per heavy atom. The predicted octanol–water partition coefficient (Wildman–Crippen LogP) is 3.72. The number of amides is 1. The maximum absolute atomic E-state index is 12.5. The predicted molar refractivity (Wildman–Crippen MR) is 109 cm³/mol. The van der Waals surface area contributed by atoms with Gasteiger partial charge in [-0.15, -0.1) is 11.3 Å². The molecule has 7 heteroatoms. The molecule has 6 nitrogen and oxygen atoms in total. The number of pyridine rings is 1. The molecule has 1 N–H and O–H groups in total. The fourth-order valence-electron chi connectivity index (χ4n) is 2.71. The maximum atomic E-state index is 12.5. The second-order valence-electron chi connectivity index (χ2n) is 6.26. The first kappa shape index (κ1) is 19.8. The van der Waals surface area contributed by atoms with Gasteiger partial charge in [0.15, 0.2) is 0 Å². The monoisotopic (exact) mass is 397 g/mol. The lowest BCUT2D eigenvalue weighted by Gasteiger charge is -2.08. The molecule has 0 saturated carbocycles. The minimum atomic E-state index is -0.117. The molecule has 1 amide bonds. The van der Waals surface area contributed by atoms with Gasteiger partial charge in [-0.25, -0.2) is 4.98 Å². The molecule has 0 aliphatic carbocycles. The van der Waals surface area contributed by atoms with Crippen LogP contribution in [0.2, 0.25) is 0 Å². The molecule has 0 radical (unpaired) electrons. The molecule has 146 valence electrons. The van der Waals surface area contributed by atoms with Gasteiger partial charge in [0.2, 0.25) is 0 Å². The SMILES string of the molecule is COc1ccccc1CCNC(=O)c1sc(COc2ccc(C)nc2)nc1C. The maximum Gasteiger partial charge on any atom is 0.263 e. The largest absolute Gasteiger partial charge is 0.496 e. The Morgan fingerprint density at radius 3 is 2.75 bits per heavy atom. The molecular formula is C21H23N3O3S. The number of ether oxygens (including phenoxy) is 2. The molecule has 0 fully saturated rings. The summed E-state index contributed by atoms with van der Waals surface area (Å²) >= 11 is 1.35. The number of carbonyl (C=O) groups excluding carboxylic acids is 1. The van der Waals surface area contributed by atoms with E-state index < -0.39 is 0 Å². The highest BCUT2D eigenvalue weighted by Gasteiger charge is 2.15. The molecule has 2 aromatic heterocycles. The number of aryl methyl sites for hydroxylation is 2. The lowest BCUT2D eigenvalue weighted by atomic mass is 10.1. The summed E-state index contributed by atoms with van der Waals surface area (Å²) in [5.41, 5.74) is 2.71. The molecule has 2 heterocycles. The third kappa shape index (κ3) is 5.07. The first-order valence-corrected chi connectivity index (χ1v) is 9.80. The second kappa shape index (κ2) is 9.32. The number of carbonyl (C=O) groups is 1. The molecule has 0 saturated heterocycles. The van der Waals surface area contributed by atoms with Crippen LogP contribution in [0.1, 0.15) is 31.6 Å². The van der Waals surface area contributed by atoms with Gasteiger partial charge < -0.3 is 14.8 Å². The average Bonchev–Trinajstić information content (AvgIpc) is 3.08. The van der Waals surface area contributed by atoms with Gasteiger partial charge in [0, 0.05) is 12.2 Å². The van der Waals surface area contributed by atoms with Crippen LogP contribution < -0.4 is 14.8 Å². The fraction of sp³-hybridized carbons (Fsp3) is 0.286. The highest BCUT2D eigenvalue weighted by atomic mass is 32.1. The van der Waals surface area contributed by atoms with Crippen molar-refractivity contribution < 1.29 is 14.3 Å². The molecule has 0 unspecified atom stereocenters. The van der Waals surface area contributed by atoms with Gasteiger partial charge in [-0.1, -0.05) is 18.2 Å². The molecule has 1 aromatic carbocycles. The zero-order chi connectivity index (χ0) is 19.9. The zero-order valence-corrected chi connectivity index (χ0v) is 17.0. The number of hydrogen-bond acceptors (Lipinski definition) is 6. The van der Waals surface area contributed by atoms with Crippen molar-refractivity contribution in [3.8, 4) is 11.5 Å². The molecule has 28 heavy (non-hydrogen) atoms. The van der Waals surface area contributed by atoms with Gasteiger partial charge >= 0.3 is 0 Å². The Bertz CT molecular complexity index is 938. The number of hydrogen-bond donors (Lipinski definition) is 1. The zero-order valence-electron chi connectivity index (χ0n) is 16.2. The van der Waals surface area contributed by atoms with Crippen LogP contribution in [0, 0.1) is 13.8 Å². The van der Waals surface area contributed by atoms with Crippen molar-refractivity contribution in [2.75, 3.05) is 13.7 Å². The number of methoxy groups -OCH3 is 1. The Morgan fingerprint density at radius 1 is 1.18 bits per heavy atom. The van der Waals surface area contributed by atoms with E-state index in [0.717, 1.165) is 22.0 Å². The van der Waals surface area contributed by atoms with Crippen molar-refractivity contribution in [1.82, 2.24) is 15.3 Å². The van der Waals surface area contributed by atoms with Crippen LogP contribution in [0.4, 0.5) is 0 Å². The summed E-state index contributed by atoms with van der Waals surface area (Å²) in [5.74, 6) is 1.39. The minimum Gasteiger partial charge on any atom is -0.496 e. The second-order valence-corrected chi connectivity index (χ2v) is 7.35. The van der Waals surface area contributed by atoms with E-state index in [1.807, 2.05) is 50.2 Å². The van der Waals surface area contributed by atoms with Crippen molar-refractivity contribution >= 4 is 17.2 Å². The number of nitrogens with zero attached hydrogens (tertiary/aromatic N) is 2.